The molecule has 0 aromatic carbocycles. The number of hydrogen-bond donors (Lipinski definition) is 1. The Morgan fingerprint density at radius 2 is 1.47 bits per heavy atom. The van der Waals surface area contributed by atoms with E-state index in [0.717, 1.165) is 32.1 Å². The molecular formula is C12H21O5-. The van der Waals surface area contributed by atoms with Gasteiger partial charge in [0, 0.05) is 12.4 Å². The Hall–Kier alpha value is -1.10. The molecule has 0 fully saturated rings. The highest BCUT2D eigenvalue weighted by Gasteiger charge is 2.01. The van der Waals surface area contributed by atoms with Crippen LogP contribution in [0.15, 0.2) is 0 Å². The number of unbranched alkanes of at least 4 members (excludes halogenated alkanes) is 5. The lowest BCUT2D eigenvalue weighted by atomic mass is 10.1. The minimum atomic E-state index is -0.989. The average molecular weight is 245 g/mol. The van der Waals surface area contributed by atoms with Crippen LogP contribution in [0.1, 0.15) is 51.4 Å². The summed E-state index contributed by atoms with van der Waals surface area (Å²) in [6.07, 6.45) is 5.79. The van der Waals surface area contributed by atoms with Crippen molar-refractivity contribution < 1.29 is 24.5 Å². The number of aliphatic hydroxyl groups is 1. The Morgan fingerprint density at radius 3 is 2.00 bits per heavy atom. The highest BCUT2D eigenvalue weighted by Crippen LogP contribution is 2.08. The summed E-state index contributed by atoms with van der Waals surface area (Å²) in [5.74, 6) is -1.26. The van der Waals surface area contributed by atoms with Gasteiger partial charge in [0.1, 0.15) is 6.61 Å². The first-order valence-corrected chi connectivity index (χ1v) is 6.13. The summed E-state index contributed by atoms with van der Waals surface area (Å²) in [5.41, 5.74) is 0. The molecule has 0 rings (SSSR count). The number of ether oxygens (including phenoxy) is 1. The van der Waals surface area contributed by atoms with Crippen molar-refractivity contribution in [3.8, 4) is 0 Å². The number of carbonyl (C=O) groups is 2. The summed E-state index contributed by atoms with van der Waals surface area (Å²) in [6.45, 7) is -0.0633. The number of aliphatic hydroxyl groups excluding tert-OH is 1. The zero-order valence-corrected chi connectivity index (χ0v) is 10.2. The first-order valence-electron chi connectivity index (χ1n) is 6.13. The molecule has 0 atom stereocenters. The fourth-order valence-electron chi connectivity index (χ4n) is 1.48. The first kappa shape index (κ1) is 15.9. The van der Waals surface area contributed by atoms with E-state index in [-0.39, 0.29) is 25.6 Å². The molecule has 0 saturated heterocycles. The number of carbonyl (C=O) groups excluding carboxylic acids is 2. The van der Waals surface area contributed by atoms with Crippen LogP contribution in [-0.4, -0.2) is 30.3 Å². The molecule has 5 heteroatoms. The monoisotopic (exact) mass is 245 g/mol. The van der Waals surface area contributed by atoms with Gasteiger partial charge in [0.2, 0.25) is 0 Å². The summed E-state index contributed by atoms with van der Waals surface area (Å²) in [7, 11) is 0. The van der Waals surface area contributed by atoms with Crippen LogP contribution in [0.5, 0.6) is 0 Å². The van der Waals surface area contributed by atoms with Crippen molar-refractivity contribution in [2.45, 2.75) is 51.4 Å². The molecule has 0 saturated carbocycles. The van der Waals surface area contributed by atoms with Gasteiger partial charge in [0.15, 0.2) is 0 Å². The zero-order valence-electron chi connectivity index (χ0n) is 10.2. The third-order valence-corrected chi connectivity index (χ3v) is 2.37. The van der Waals surface area contributed by atoms with Gasteiger partial charge < -0.3 is 19.7 Å². The molecule has 100 valence electrons. The minimum absolute atomic E-state index is 0.0715. The lowest BCUT2D eigenvalue weighted by Gasteiger charge is -2.03. The van der Waals surface area contributed by atoms with Crippen LogP contribution in [0.4, 0.5) is 0 Å². The Balaban J connectivity index is 3.12. The van der Waals surface area contributed by atoms with Crippen molar-refractivity contribution in [2.24, 2.45) is 0 Å². The molecule has 0 spiro atoms. The van der Waals surface area contributed by atoms with Crippen molar-refractivity contribution in [3.63, 3.8) is 0 Å². The van der Waals surface area contributed by atoms with Gasteiger partial charge in [-0.2, -0.15) is 0 Å². The van der Waals surface area contributed by atoms with Gasteiger partial charge in [-0.25, -0.2) is 0 Å². The number of carboxylic acid groups (broad SMARTS) is 1. The highest BCUT2D eigenvalue weighted by atomic mass is 16.5. The zero-order chi connectivity index (χ0) is 12.9. The smallest absolute Gasteiger partial charge is 0.305 e. The Labute approximate surface area is 102 Å². The topological polar surface area (TPSA) is 86.7 Å². The highest BCUT2D eigenvalue weighted by molar-refractivity contribution is 5.69. The van der Waals surface area contributed by atoms with Crippen LogP contribution in [0.2, 0.25) is 0 Å². The number of rotatable bonds is 11. The summed E-state index contributed by atoms with van der Waals surface area (Å²) in [5, 5.41) is 18.5. The molecule has 0 aromatic heterocycles. The maximum atomic E-state index is 11.0. The van der Waals surface area contributed by atoms with Crippen molar-refractivity contribution in [3.05, 3.63) is 0 Å². The number of hydrogen-bond acceptors (Lipinski definition) is 5. The largest absolute Gasteiger partial charge is 0.550 e. The molecule has 0 amide bonds. The lowest BCUT2D eigenvalue weighted by Crippen LogP contribution is -2.21. The lowest BCUT2D eigenvalue weighted by molar-refractivity contribution is -0.305. The Bertz CT molecular complexity index is 215. The number of esters is 1. The molecule has 0 heterocycles. The molecular weight excluding hydrogens is 224 g/mol. The van der Waals surface area contributed by atoms with E-state index < -0.39 is 5.97 Å². The molecule has 0 bridgehead atoms. The molecule has 0 aliphatic rings. The second-order valence-electron chi connectivity index (χ2n) is 3.94. The van der Waals surface area contributed by atoms with Gasteiger partial charge in [0.05, 0.1) is 6.61 Å². The van der Waals surface area contributed by atoms with Crippen LogP contribution in [0.25, 0.3) is 0 Å². The third kappa shape index (κ3) is 12.8. The second-order valence-corrected chi connectivity index (χ2v) is 3.94. The maximum Gasteiger partial charge on any atom is 0.305 e. The van der Waals surface area contributed by atoms with E-state index in [1.54, 1.807) is 0 Å². The van der Waals surface area contributed by atoms with E-state index in [2.05, 4.69) is 0 Å². The van der Waals surface area contributed by atoms with E-state index in [4.69, 9.17) is 9.84 Å². The van der Waals surface area contributed by atoms with Crippen LogP contribution < -0.4 is 5.11 Å². The maximum absolute atomic E-state index is 11.0. The van der Waals surface area contributed by atoms with Gasteiger partial charge in [-0.3, -0.25) is 4.79 Å². The minimum Gasteiger partial charge on any atom is -0.550 e. The van der Waals surface area contributed by atoms with Crippen LogP contribution in [0, 0.1) is 0 Å². The normalized spacial score (nSPS) is 10.2. The predicted octanol–water partition coefficient (Wildman–Crippen LogP) is 0.393. The van der Waals surface area contributed by atoms with Gasteiger partial charge in [0.25, 0.3) is 0 Å². The van der Waals surface area contributed by atoms with Gasteiger partial charge in [-0.1, -0.05) is 25.7 Å². The van der Waals surface area contributed by atoms with Crippen LogP contribution >= 0.6 is 0 Å². The number of aliphatic carboxylic acids is 1. The van der Waals surface area contributed by atoms with Gasteiger partial charge >= 0.3 is 5.97 Å². The summed E-state index contributed by atoms with van der Waals surface area (Å²) < 4.78 is 4.70. The third-order valence-electron chi connectivity index (χ3n) is 2.37. The average Bonchev–Trinajstić information content (AvgIpc) is 2.29. The molecule has 0 aromatic rings. The quantitative estimate of drug-likeness (QED) is 0.420. The molecule has 17 heavy (non-hydrogen) atoms. The predicted molar refractivity (Wildman–Crippen MR) is 60.0 cm³/mol. The van der Waals surface area contributed by atoms with Crippen LogP contribution in [-0.2, 0) is 14.3 Å². The van der Waals surface area contributed by atoms with E-state index in [1.165, 1.54) is 0 Å². The molecule has 0 unspecified atom stereocenters. The van der Waals surface area contributed by atoms with E-state index in [9.17, 15) is 14.7 Å². The summed E-state index contributed by atoms with van der Waals surface area (Å²) >= 11 is 0. The standard InChI is InChI=1S/C12H22O5/c13-9-10-17-12(16)8-6-4-2-1-3-5-7-11(14)15/h13H,1-10H2,(H,14,15)/p-1. The molecule has 1 N–H and O–H groups in total. The molecule has 5 nitrogen and oxygen atoms in total. The fourth-order valence-corrected chi connectivity index (χ4v) is 1.48. The molecule has 0 aliphatic carbocycles. The fraction of sp³-hybridized carbons (Fsp3) is 0.833. The summed E-state index contributed by atoms with van der Waals surface area (Å²) in [4.78, 5) is 21.1. The first-order chi connectivity index (χ1) is 8.16. The SMILES string of the molecule is O=C([O-])CCCCCCCCC(=O)OCCO. The van der Waals surface area contributed by atoms with E-state index in [1.807, 2.05) is 0 Å². The van der Waals surface area contributed by atoms with Crippen molar-refractivity contribution in [1.82, 2.24) is 0 Å². The van der Waals surface area contributed by atoms with Gasteiger partial charge in [-0.15, -0.1) is 0 Å². The Morgan fingerprint density at radius 1 is 0.941 bits per heavy atom. The molecule has 0 aliphatic heterocycles. The van der Waals surface area contributed by atoms with Crippen LogP contribution in [0.3, 0.4) is 0 Å². The van der Waals surface area contributed by atoms with Gasteiger partial charge in [-0.05, 0) is 19.3 Å². The Kier molecular flexibility index (Phi) is 10.7. The number of carboxylic acids is 1. The van der Waals surface area contributed by atoms with Crippen molar-refractivity contribution in [2.75, 3.05) is 13.2 Å². The molecule has 0 radical (unpaired) electrons. The van der Waals surface area contributed by atoms with Crippen molar-refractivity contribution >= 4 is 11.9 Å². The summed E-state index contributed by atoms with van der Waals surface area (Å²) in [6, 6.07) is 0. The van der Waals surface area contributed by atoms with E-state index >= 15 is 0 Å². The van der Waals surface area contributed by atoms with E-state index in [0.29, 0.717) is 12.8 Å². The van der Waals surface area contributed by atoms with Crippen molar-refractivity contribution in [1.29, 1.82) is 0 Å². The second kappa shape index (κ2) is 11.4.